The molecule has 0 spiro atoms. The zero-order chi connectivity index (χ0) is 22.0. The van der Waals surface area contributed by atoms with E-state index in [0.717, 1.165) is 49.0 Å². The van der Waals surface area contributed by atoms with Crippen LogP contribution < -0.4 is 5.32 Å². The van der Waals surface area contributed by atoms with Gasteiger partial charge in [0.2, 0.25) is 5.91 Å². The number of ketones is 1. The highest BCUT2D eigenvalue weighted by atomic mass is 32.2. The molecule has 0 radical (unpaired) electrons. The molecule has 1 aromatic rings. The molecular weight excluding hydrogens is 406 g/mol. The van der Waals surface area contributed by atoms with E-state index in [1.807, 2.05) is 24.3 Å². The molecule has 4 nitrogen and oxygen atoms in total. The second kappa shape index (κ2) is 7.40. The van der Waals surface area contributed by atoms with Crippen LogP contribution in [-0.2, 0) is 15.6 Å². The number of hydrogen-bond acceptors (Lipinski definition) is 3. The molecule has 3 aliphatic carbocycles. The lowest BCUT2D eigenvalue weighted by Crippen LogP contribution is -2.59. The Morgan fingerprint density at radius 1 is 1.10 bits per heavy atom. The average molecular weight is 440 g/mol. The summed E-state index contributed by atoms with van der Waals surface area (Å²) in [6, 6.07) is 7.67. The van der Waals surface area contributed by atoms with Gasteiger partial charge in [0.15, 0.2) is 5.78 Å². The number of nitrogens with one attached hydrogen (secondary N) is 1. The van der Waals surface area contributed by atoms with Gasteiger partial charge in [0, 0.05) is 44.9 Å². The average Bonchev–Trinajstić information content (AvgIpc) is 3.11. The van der Waals surface area contributed by atoms with Gasteiger partial charge in [-0.3, -0.25) is 13.8 Å². The van der Waals surface area contributed by atoms with Crippen LogP contribution in [0.3, 0.4) is 0 Å². The van der Waals surface area contributed by atoms with Gasteiger partial charge < -0.3 is 5.32 Å². The fourth-order valence-electron chi connectivity index (χ4n) is 7.79. The molecule has 8 atom stereocenters. The van der Waals surface area contributed by atoms with Crippen molar-refractivity contribution in [2.24, 2.45) is 34.5 Å². The fraction of sp³-hybridized carbons (Fsp3) is 0.615. The molecule has 0 aromatic heterocycles. The SMILES string of the molecule is CS(=O)c1cccc(C(=O)C2CC[C@H]3[C@@H]4CCC5NC(=O)C=C[C@]5(C)[C@@H]4CC[C@]23C)c1. The van der Waals surface area contributed by atoms with Crippen molar-refractivity contribution in [3.63, 3.8) is 0 Å². The van der Waals surface area contributed by atoms with Gasteiger partial charge in [0.05, 0.1) is 0 Å². The Balaban J connectivity index is 1.42. The quantitative estimate of drug-likeness (QED) is 0.705. The third-order valence-corrected chi connectivity index (χ3v) is 10.4. The molecule has 166 valence electrons. The van der Waals surface area contributed by atoms with Crippen molar-refractivity contribution < 1.29 is 13.8 Å². The molecule has 1 heterocycles. The topological polar surface area (TPSA) is 63.2 Å². The van der Waals surface area contributed by atoms with Crippen molar-refractivity contribution >= 4 is 22.5 Å². The smallest absolute Gasteiger partial charge is 0.243 e. The lowest BCUT2D eigenvalue weighted by atomic mass is 9.47. The second-order valence-corrected chi connectivity index (χ2v) is 12.1. The number of carbonyl (C=O) groups is 2. The van der Waals surface area contributed by atoms with E-state index in [4.69, 9.17) is 0 Å². The molecule has 5 heteroatoms. The molecule has 0 bridgehead atoms. The van der Waals surface area contributed by atoms with Gasteiger partial charge in [0.1, 0.15) is 0 Å². The Hall–Kier alpha value is -1.75. The maximum atomic E-state index is 13.6. The molecule has 3 fully saturated rings. The summed E-state index contributed by atoms with van der Waals surface area (Å²) in [6.07, 6.45) is 12.0. The summed E-state index contributed by atoms with van der Waals surface area (Å²) < 4.78 is 11.9. The predicted molar refractivity (Wildman–Crippen MR) is 122 cm³/mol. The van der Waals surface area contributed by atoms with Crippen LogP contribution in [0.25, 0.3) is 0 Å². The number of hydrogen-bond donors (Lipinski definition) is 1. The highest BCUT2D eigenvalue weighted by molar-refractivity contribution is 7.84. The normalized spacial score (nSPS) is 42.2. The van der Waals surface area contributed by atoms with Crippen molar-refractivity contribution in [2.75, 3.05) is 6.26 Å². The number of amides is 1. The van der Waals surface area contributed by atoms with Gasteiger partial charge in [0.25, 0.3) is 0 Å². The van der Waals surface area contributed by atoms with Crippen LogP contribution in [0, 0.1) is 34.5 Å². The molecule has 3 unspecified atom stereocenters. The highest BCUT2D eigenvalue weighted by Gasteiger charge is 2.60. The zero-order valence-corrected chi connectivity index (χ0v) is 19.5. The summed E-state index contributed by atoms with van der Waals surface area (Å²) >= 11 is 0. The summed E-state index contributed by atoms with van der Waals surface area (Å²) in [7, 11) is -1.08. The highest BCUT2D eigenvalue weighted by Crippen LogP contribution is 2.65. The summed E-state index contributed by atoms with van der Waals surface area (Å²) in [5.74, 6) is 2.08. The van der Waals surface area contributed by atoms with Gasteiger partial charge in [-0.05, 0) is 79.9 Å². The Kier molecular flexibility index (Phi) is 5.04. The monoisotopic (exact) mass is 439 g/mol. The molecule has 3 saturated carbocycles. The lowest BCUT2D eigenvalue weighted by Gasteiger charge is -2.58. The van der Waals surface area contributed by atoms with Crippen LogP contribution in [0.1, 0.15) is 62.7 Å². The van der Waals surface area contributed by atoms with Crippen LogP contribution in [0.2, 0.25) is 0 Å². The van der Waals surface area contributed by atoms with Crippen molar-refractivity contribution in [3.8, 4) is 0 Å². The molecule has 1 aromatic carbocycles. The summed E-state index contributed by atoms with van der Waals surface area (Å²) in [6.45, 7) is 4.69. The van der Waals surface area contributed by atoms with Crippen LogP contribution >= 0.6 is 0 Å². The first-order valence-electron chi connectivity index (χ1n) is 11.7. The van der Waals surface area contributed by atoms with E-state index in [1.54, 1.807) is 12.3 Å². The first-order chi connectivity index (χ1) is 14.7. The van der Waals surface area contributed by atoms with Gasteiger partial charge in [-0.15, -0.1) is 0 Å². The van der Waals surface area contributed by atoms with E-state index < -0.39 is 10.8 Å². The van der Waals surface area contributed by atoms with Crippen LogP contribution in [0.4, 0.5) is 0 Å². The van der Waals surface area contributed by atoms with Crippen molar-refractivity contribution in [2.45, 2.75) is 63.3 Å². The molecule has 1 aliphatic heterocycles. The van der Waals surface area contributed by atoms with E-state index in [2.05, 4.69) is 25.2 Å². The van der Waals surface area contributed by atoms with Crippen molar-refractivity contribution in [3.05, 3.63) is 42.0 Å². The van der Waals surface area contributed by atoms with Gasteiger partial charge in [-0.25, -0.2) is 0 Å². The molecule has 0 saturated heterocycles. The molecular formula is C26H33NO3S. The molecule has 5 rings (SSSR count). The first-order valence-corrected chi connectivity index (χ1v) is 13.3. The fourth-order valence-corrected chi connectivity index (χ4v) is 8.36. The Morgan fingerprint density at radius 3 is 2.68 bits per heavy atom. The first kappa shape index (κ1) is 21.1. The summed E-state index contributed by atoms with van der Waals surface area (Å²) in [4.78, 5) is 26.3. The minimum atomic E-state index is -1.08. The minimum Gasteiger partial charge on any atom is -0.349 e. The van der Waals surface area contributed by atoms with Crippen LogP contribution in [-0.4, -0.2) is 28.2 Å². The van der Waals surface area contributed by atoms with Crippen molar-refractivity contribution in [1.29, 1.82) is 0 Å². The van der Waals surface area contributed by atoms with Gasteiger partial charge in [-0.1, -0.05) is 32.1 Å². The minimum absolute atomic E-state index is 0.0276. The maximum Gasteiger partial charge on any atom is 0.243 e. The van der Waals surface area contributed by atoms with E-state index in [1.165, 1.54) is 0 Å². The standard InChI is InChI=1S/C26H33NO3S/c1-25-13-11-20-18(7-10-22-26(20,2)14-12-23(28)27-22)19(25)8-9-21(25)24(29)16-5-4-6-17(15-16)31(3)30/h4-6,12,14-15,18-22H,7-11,13H2,1-3H3,(H,27,28)/t18-,19-,20+,21?,22?,25-,26+,31?/m0/s1. The number of benzene rings is 1. The molecule has 1 amide bonds. The zero-order valence-electron chi connectivity index (χ0n) is 18.7. The lowest BCUT2D eigenvalue weighted by molar-refractivity contribution is -0.122. The van der Waals surface area contributed by atoms with Crippen LogP contribution in [0.15, 0.2) is 41.3 Å². The summed E-state index contributed by atoms with van der Waals surface area (Å²) in [5.41, 5.74) is 0.778. The number of carbonyl (C=O) groups excluding carboxylic acids is 2. The van der Waals surface area contributed by atoms with E-state index in [9.17, 15) is 13.8 Å². The largest absolute Gasteiger partial charge is 0.349 e. The molecule has 4 aliphatic rings. The van der Waals surface area contributed by atoms with Gasteiger partial charge >= 0.3 is 0 Å². The second-order valence-electron chi connectivity index (χ2n) is 10.7. The van der Waals surface area contributed by atoms with Crippen molar-refractivity contribution in [1.82, 2.24) is 5.32 Å². The van der Waals surface area contributed by atoms with Crippen LogP contribution in [0.5, 0.6) is 0 Å². The third-order valence-electron chi connectivity index (χ3n) is 9.45. The van der Waals surface area contributed by atoms with E-state index >= 15 is 0 Å². The van der Waals surface area contributed by atoms with E-state index in [0.29, 0.717) is 17.8 Å². The predicted octanol–water partition coefficient (Wildman–Crippen LogP) is 4.52. The number of Topliss-reactive ketones (excluding diaryl/α,β-unsaturated/α-hetero) is 1. The molecule has 31 heavy (non-hydrogen) atoms. The summed E-state index contributed by atoms with van der Waals surface area (Å²) in [5, 5.41) is 3.22. The number of fused-ring (bicyclic) bond motifs is 5. The Labute approximate surface area is 187 Å². The Bertz CT molecular complexity index is 987. The van der Waals surface area contributed by atoms with E-state index in [-0.39, 0.29) is 34.5 Å². The third kappa shape index (κ3) is 3.18. The maximum absolute atomic E-state index is 13.6. The number of rotatable bonds is 3. The molecule has 1 N–H and O–H groups in total. The van der Waals surface area contributed by atoms with Gasteiger partial charge in [-0.2, -0.15) is 0 Å². The Morgan fingerprint density at radius 2 is 1.90 bits per heavy atom.